The van der Waals surface area contributed by atoms with Gasteiger partial charge in [0.2, 0.25) is 0 Å². The van der Waals surface area contributed by atoms with Crippen LogP contribution in [0.3, 0.4) is 0 Å². The van der Waals surface area contributed by atoms with Gasteiger partial charge in [-0.1, -0.05) is 80.3 Å². The molecule has 1 unspecified atom stereocenters. The highest BCUT2D eigenvalue weighted by Crippen LogP contribution is 2.21. The van der Waals surface area contributed by atoms with Crippen molar-refractivity contribution in [1.29, 1.82) is 0 Å². The standard InChI is InChI=1S/C20H26OSi/c1-22(2,3)20(21)19(16-18-12-8-5-9-13-18)15-14-17-10-6-4-7-11-17/h4-13,19H,14-16H2,1-3H3. The van der Waals surface area contributed by atoms with Crippen LogP contribution in [0.25, 0.3) is 0 Å². The van der Waals surface area contributed by atoms with E-state index in [1.165, 1.54) is 11.1 Å². The minimum absolute atomic E-state index is 0.147. The molecule has 2 heteroatoms. The van der Waals surface area contributed by atoms with Gasteiger partial charge < -0.3 is 4.79 Å². The van der Waals surface area contributed by atoms with E-state index in [1.807, 2.05) is 12.1 Å². The zero-order valence-electron chi connectivity index (χ0n) is 13.9. The fraction of sp³-hybridized carbons (Fsp3) is 0.350. The molecule has 0 bridgehead atoms. The van der Waals surface area contributed by atoms with Crippen LogP contribution in [-0.2, 0) is 17.6 Å². The highest BCUT2D eigenvalue weighted by atomic mass is 28.3. The third-order valence-corrected chi connectivity index (χ3v) is 5.95. The van der Waals surface area contributed by atoms with Gasteiger partial charge in [-0.05, 0) is 30.4 Å². The van der Waals surface area contributed by atoms with E-state index < -0.39 is 8.07 Å². The van der Waals surface area contributed by atoms with E-state index in [1.54, 1.807) is 0 Å². The summed E-state index contributed by atoms with van der Waals surface area (Å²) in [5, 5.41) is 0.507. The van der Waals surface area contributed by atoms with E-state index in [-0.39, 0.29) is 5.92 Å². The first-order valence-corrected chi connectivity index (χ1v) is 11.6. The fourth-order valence-corrected chi connectivity index (χ4v) is 4.29. The molecule has 0 amide bonds. The molecule has 2 aromatic carbocycles. The largest absolute Gasteiger partial charge is 0.305 e. The molecule has 0 fully saturated rings. The minimum Gasteiger partial charge on any atom is -0.305 e. The molecule has 0 radical (unpaired) electrons. The maximum atomic E-state index is 12.9. The Labute approximate surface area is 135 Å². The van der Waals surface area contributed by atoms with Gasteiger partial charge in [0.15, 0.2) is 0 Å². The summed E-state index contributed by atoms with van der Waals surface area (Å²) in [4.78, 5) is 12.9. The third-order valence-electron chi connectivity index (χ3n) is 4.06. The summed E-state index contributed by atoms with van der Waals surface area (Å²) in [6.07, 6.45) is 2.80. The molecule has 0 N–H and O–H groups in total. The van der Waals surface area contributed by atoms with Gasteiger partial charge in [-0.15, -0.1) is 0 Å². The second kappa shape index (κ2) is 7.55. The molecule has 116 valence electrons. The molecular formula is C20H26OSi. The molecule has 0 spiro atoms. The summed E-state index contributed by atoms with van der Waals surface area (Å²) in [5.41, 5.74) is 2.59. The van der Waals surface area contributed by atoms with E-state index >= 15 is 0 Å². The normalized spacial score (nSPS) is 12.9. The predicted molar refractivity (Wildman–Crippen MR) is 96.8 cm³/mol. The number of rotatable bonds is 7. The maximum absolute atomic E-state index is 12.9. The highest BCUT2D eigenvalue weighted by Gasteiger charge is 2.31. The summed E-state index contributed by atoms with van der Waals surface area (Å²) in [6.45, 7) is 6.49. The quantitative estimate of drug-likeness (QED) is 0.663. The zero-order valence-corrected chi connectivity index (χ0v) is 14.9. The molecular weight excluding hydrogens is 284 g/mol. The Morgan fingerprint density at radius 1 is 0.864 bits per heavy atom. The first-order chi connectivity index (χ1) is 10.5. The Kier molecular flexibility index (Phi) is 5.73. The van der Waals surface area contributed by atoms with Crippen LogP contribution in [0.2, 0.25) is 19.6 Å². The number of aryl methyl sites for hydroxylation is 1. The van der Waals surface area contributed by atoms with Gasteiger partial charge in [0, 0.05) is 5.92 Å². The van der Waals surface area contributed by atoms with Crippen LogP contribution in [0.15, 0.2) is 60.7 Å². The molecule has 0 aromatic heterocycles. The second-order valence-corrected chi connectivity index (χ2v) is 12.0. The first kappa shape index (κ1) is 16.7. The van der Waals surface area contributed by atoms with Crippen LogP contribution in [0, 0.1) is 5.92 Å². The van der Waals surface area contributed by atoms with Crippen molar-refractivity contribution >= 4 is 13.5 Å². The molecule has 0 heterocycles. The molecule has 2 rings (SSSR count). The van der Waals surface area contributed by atoms with Crippen molar-refractivity contribution in [2.45, 2.75) is 38.9 Å². The molecule has 22 heavy (non-hydrogen) atoms. The van der Waals surface area contributed by atoms with Gasteiger partial charge >= 0.3 is 0 Å². The molecule has 0 saturated heterocycles. The number of carbonyl (C=O) groups excluding carboxylic acids is 1. The van der Waals surface area contributed by atoms with Crippen molar-refractivity contribution in [3.05, 3.63) is 71.8 Å². The zero-order chi connectivity index (χ0) is 16.0. The van der Waals surface area contributed by atoms with Crippen LogP contribution in [-0.4, -0.2) is 13.5 Å². The Bertz CT molecular complexity index is 584. The fourth-order valence-electron chi connectivity index (χ4n) is 2.82. The van der Waals surface area contributed by atoms with E-state index in [4.69, 9.17) is 0 Å². The van der Waals surface area contributed by atoms with Gasteiger partial charge in [-0.25, -0.2) is 0 Å². The Morgan fingerprint density at radius 2 is 1.36 bits per heavy atom. The van der Waals surface area contributed by atoms with Crippen LogP contribution in [0.5, 0.6) is 0 Å². The van der Waals surface area contributed by atoms with Crippen LogP contribution in [0.1, 0.15) is 17.5 Å². The Morgan fingerprint density at radius 3 is 1.86 bits per heavy atom. The first-order valence-electron chi connectivity index (χ1n) is 8.09. The molecule has 0 saturated carbocycles. The molecule has 0 aliphatic heterocycles. The topological polar surface area (TPSA) is 17.1 Å². The van der Waals surface area contributed by atoms with Crippen LogP contribution >= 0.6 is 0 Å². The van der Waals surface area contributed by atoms with E-state index in [0.717, 1.165) is 19.3 Å². The Hall–Kier alpha value is -1.67. The van der Waals surface area contributed by atoms with Gasteiger partial charge in [-0.3, -0.25) is 0 Å². The molecule has 0 aliphatic carbocycles. The van der Waals surface area contributed by atoms with Crippen molar-refractivity contribution < 1.29 is 4.79 Å². The summed E-state index contributed by atoms with van der Waals surface area (Å²) in [5.74, 6) is 0.147. The number of carbonyl (C=O) groups is 1. The monoisotopic (exact) mass is 310 g/mol. The van der Waals surface area contributed by atoms with Crippen molar-refractivity contribution in [3.63, 3.8) is 0 Å². The van der Waals surface area contributed by atoms with Gasteiger partial charge in [0.25, 0.3) is 0 Å². The average Bonchev–Trinajstić information content (AvgIpc) is 2.52. The third kappa shape index (κ3) is 4.95. The Balaban J connectivity index is 2.09. The molecule has 0 aliphatic rings. The lowest BCUT2D eigenvalue weighted by molar-refractivity contribution is -0.116. The lowest BCUT2D eigenvalue weighted by atomic mass is 9.94. The number of benzene rings is 2. The predicted octanol–water partition coefficient (Wildman–Crippen LogP) is 4.92. The summed E-state index contributed by atoms with van der Waals surface area (Å²) >= 11 is 0. The minimum atomic E-state index is -1.75. The van der Waals surface area contributed by atoms with Gasteiger partial charge in [-0.2, -0.15) is 0 Å². The summed E-state index contributed by atoms with van der Waals surface area (Å²) < 4.78 is 0. The van der Waals surface area contributed by atoms with Crippen molar-refractivity contribution in [3.8, 4) is 0 Å². The van der Waals surface area contributed by atoms with E-state index in [9.17, 15) is 4.79 Å². The van der Waals surface area contributed by atoms with E-state index in [0.29, 0.717) is 5.41 Å². The maximum Gasteiger partial charge on any atom is 0.124 e. The van der Waals surface area contributed by atoms with Crippen LogP contribution < -0.4 is 0 Å². The van der Waals surface area contributed by atoms with Crippen molar-refractivity contribution in [2.75, 3.05) is 0 Å². The second-order valence-electron chi connectivity index (χ2n) is 7.03. The van der Waals surface area contributed by atoms with Crippen molar-refractivity contribution in [2.24, 2.45) is 5.92 Å². The van der Waals surface area contributed by atoms with Crippen LogP contribution in [0.4, 0.5) is 0 Å². The number of hydrogen-bond acceptors (Lipinski definition) is 1. The highest BCUT2D eigenvalue weighted by molar-refractivity contribution is 7.03. The lowest BCUT2D eigenvalue weighted by Crippen LogP contribution is -2.40. The van der Waals surface area contributed by atoms with Gasteiger partial charge in [0.05, 0.1) is 0 Å². The SMILES string of the molecule is C[Si](C)(C)C(=O)C(CCc1ccccc1)Cc1ccccc1. The summed E-state index contributed by atoms with van der Waals surface area (Å²) in [6, 6.07) is 20.9. The smallest absolute Gasteiger partial charge is 0.124 e. The average molecular weight is 311 g/mol. The van der Waals surface area contributed by atoms with E-state index in [2.05, 4.69) is 68.2 Å². The molecule has 2 aromatic rings. The van der Waals surface area contributed by atoms with Crippen molar-refractivity contribution in [1.82, 2.24) is 0 Å². The summed E-state index contributed by atoms with van der Waals surface area (Å²) in [7, 11) is -1.75. The molecule has 1 nitrogen and oxygen atoms in total. The molecule has 1 atom stereocenters. The number of hydrogen-bond donors (Lipinski definition) is 0. The lowest BCUT2D eigenvalue weighted by Gasteiger charge is -2.23. The van der Waals surface area contributed by atoms with Gasteiger partial charge in [0.1, 0.15) is 13.5 Å².